The number of ether oxygens (including phenoxy) is 2. The molecule has 0 saturated carbocycles. The topological polar surface area (TPSA) is 58.8 Å². The molecule has 0 aromatic carbocycles. The summed E-state index contributed by atoms with van der Waals surface area (Å²) in [5.41, 5.74) is -0.524. The molecule has 0 spiro atoms. The van der Waals surface area contributed by atoms with Crippen LogP contribution in [-0.4, -0.2) is 55.9 Å². The van der Waals surface area contributed by atoms with Crippen molar-refractivity contribution in [2.45, 2.75) is 19.8 Å². The average molecular weight is 257 g/mol. The molecule has 1 rings (SSSR count). The lowest BCUT2D eigenvalue weighted by Crippen LogP contribution is -2.35. The summed E-state index contributed by atoms with van der Waals surface area (Å²) in [6.45, 7) is 9.92. The first-order valence-electron chi connectivity index (χ1n) is 6.35. The summed E-state index contributed by atoms with van der Waals surface area (Å²) >= 11 is 0. The predicted octanol–water partition coefficient (Wildman–Crippen LogP) is 0.784. The maximum atomic E-state index is 10.2. The molecule has 18 heavy (non-hydrogen) atoms. The van der Waals surface area contributed by atoms with Crippen LogP contribution in [0.2, 0.25) is 0 Å². The fourth-order valence-corrected chi connectivity index (χ4v) is 1.56. The summed E-state index contributed by atoms with van der Waals surface area (Å²) in [4.78, 5) is 12.5. The highest BCUT2D eigenvalue weighted by Gasteiger charge is 2.30. The Labute approximate surface area is 108 Å². The van der Waals surface area contributed by atoms with Crippen LogP contribution in [0.25, 0.3) is 0 Å². The zero-order valence-corrected chi connectivity index (χ0v) is 11.1. The molecule has 5 nitrogen and oxygen atoms in total. The van der Waals surface area contributed by atoms with Gasteiger partial charge in [-0.2, -0.15) is 0 Å². The first kappa shape index (κ1) is 15.0. The Bertz CT molecular complexity index is 272. The fraction of sp³-hybridized carbons (Fsp3) is 0.769. The van der Waals surface area contributed by atoms with E-state index in [1.165, 1.54) is 0 Å². The molecule has 0 aromatic heterocycles. The summed E-state index contributed by atoms with van der Waals surface area (Å²) < 4.78 is 10.4. The van der Waals surface area contributed by atoms with Gasteiger partial charge >= 0.3 is 0 Å². The van der Waals surface area contributed by atoms with E-state index in [1.54, 1.807) is 0 Å². The molecule has 0 bridgehead atoms. The number of aliphatic hydroxyl groups is 1. The number of rotatable bonds is 11. The Morgan fingerprint density at radius 1 is 1.50 bits per heavy atom. The summed E-state index contributed by atoms with van der Waals surface area (Å²) in [7, 11) is 0. The van der Waals surface area contributed by atoms with Crippen molar-refractivity contribution in [1.29, 1.82) is 0 Å². The van der Waals surface area contributed by atoms with Crippen molar-refractivity contribution in [3.05, 3.63) is 12.3 Å². The summed E-state index contributed by atoms with van der Waals surface area (Å²) in [6.07, 6.45) is 1.48. The molecule has 1 fully saturated rings. The van der Waals surface area contributed by atoms with Crippen molar-refractivity contribution in [3.8, 4) is 0 Å². The second-order valence-corrected chi connectivity index (χ2v) is 4.84. The predicted molar refractivity (Wildman–Crippen MR) is 68.0 cm³/mol. The molecule has 0 aliphatic carbocycles. The van der Waals surface area contributed by atoms with Gasteiger partial charge in [-0.05, 0) is 6.42 Å². The molecule has 5 heteroatoms. The Kier molecular flexibility index (Phi) is 6.15. The molecule has 0 aromatic rings. The second-order valence-electron chi connectivity index (χ2n) is 4.84. The monoisotopic (exact) mass is 257 g/mol. The summed E-state index contributed by atoms with van der Waals surface area (Å²) in [5, 5.41) is 9.43. The van der Waals surface area contributed by atoms with E-state index in [-0.39, 0.29) is 13.2 Å². The van der Waals surface area contributed by atoms with Crippen LogP contribution < -0.4 is 0 Å². The summed E-state index contributed by atoms with van der Waals surface area (Å²) in [5.74, 6) is 0.722. The molecule has 1 aliphatic rings. The highest BCUT2D eigenvalue weighted by Crippen LogP contribution is 2.23. The average Bonchev–Trinajstić information content (AvgIpc) is 3.21. The van der Waals surface area contributed by atoms with Gasteiger partial charge in [-0.25, -0.2) is 0 Å². The molecule has 0 amide bonds. The standard InChI is InChI=1S/C13H23NO4/c1-3-13(8-15,9-17-11-16)10-18-12(2)4-5-14-6-7-14/h11,15H,2-10H2,1H3. The van der Waals surface area contributed by atoms with E-state index >= 15 is 0 Å². The Balaban J connectivity index is 2.29. The van der Waals surface area contributed by atoms with Crippen molar-refractivity contribution >= 4 is 6.47 Å². The molecular formula is C13H23NO4. The minimum atomic E-state index is -0.524. The van der Waals surface area contributed by atoms with Crippen LogP contribution in [0.3, 0.4) is 0 Å². The highest BCUT2D eigenvalue weighted by atomic mass is 16.5. The van der Waals surface area contributed by atoms with Gasteiger partial charge in [-0.15, -0.1) is 0 Å². The molecule has 1 heterocycles. The zero-order valence-electron chi connectivity index (χ0n) is 11.1. The fourth-order valence-electron chi connectivity index (χ4n) is 1.56. The van der Waals surface area contributed by atoms with Gasteiger partial charge in [-0.3, -0.25) is 4.79 Å². The number of hydrogen-bond donors (Lipinski definition) is 1. The van der Waals surface area contributed by atoms with Crippen LogP contribution >= 0.6 is 0 Å². The molecule has 1 aliphatic heterocycles. The van der Waals surface area contributed by atoms with Crippen molar-refractivity contribution in [3.63, 3.8) is 0 Å². The third-order valence-corrected chi connectivity index (χ3v) is 3.37. The molecule has 0 radical (unpaired) electrons. The molecule has 1 unspecified atom stereocenters. The lowest BCUT2D eigenvalue weighted by molar-refractivity contribution is -0.135. The van der Waals surface area contributed by atoms with Gasteiger partial charge < -0.3 is 19.5 Å². The SMILES string of the molecule is C=C(CCN1CC1)OCC(CC)(CO)COC=O. The highest BCUT2D eigenvalue weighted by molar-refractivity contribution is 5.37. The van der Waals surface area contributed by atoms with Gasteiger partial charge in [-0.1, -0.05) is 13.5 Å². The molecule has 104 valence electrons. The third kappa shape index (κ3) is 5.06. The Hall–Kier alpha value is -1.07. The lowest BCUT2D eigenvalue weighted by Gasteiger charge is -2.29. The van der Waals surface area contributed by atoms with E-state index in [1.807, 2.05) is 6.92 Å². The van der Waals surface area contributed by atoms with Crippen LogP contribution in [0, 0.1) is 5.41 Å². The van der Waals surface area contributed by atoms with Gasteiger partial charge in [0, 0.05) is 26.1 Å². The van der Waals surface area contributed by atoms with E-state index in [2.05, 4.69) is 11.5 Å². The minimum Gasteiger partial charge on any atom is -0.498 e. The van der Waals surface area contributed by atoms with Crippen LogP contribution in [0.15, 0.2) is 12.3 Å². The number of nitrogens with zero attached hydrogens (tertiary/aromatic N) is 1. The molecule has 1 atom stereocenters. The second kappa shape index (κ2) is 7.38. The Morgan fingerprint density at radius 2 is 2.22 bits per heavy atom. The number of carbonyl (C=O) groups excluding carboxylic acids is 1. The minimum absolute atomic E-state index is 0.0727. The number of aliphatic hydroxyl groups excluding tert-OH is 1. The maximum Gasteiger partial charge on any atom is 0.293 e. The normalized spacial score (nSPS) is 17.9. The molecule has 1 N–H and O–H groups in total. The molecular weight excluding hydrogens is 234 g/mol. The first-order chi connectivity index (χ1) is 8.65. The van der Waals surface area contributed by atoms with Crippen molar-refractivity contribution in [2.75, 3.05) is 39.5 Å². The van der Waals surface area contributed by atoms with E-state index in [0.29, 0.717) is 19.5 Å². The van der Waals surface area contributed by atoms with E-state index in [9.17, 15) is 9.90 Å². The van der Waals surface area contributed by atoms with E-state index in [4.69, 9.17) is 9.47 Å². The summed E-state index contributed by atoms with van der Waals surface area (Å²) in [6, 6.07) is 0. The number of hydrogen-bond acceptors (Lipinski definition) is 5. The quantitative estimate of drug-likeness (QED) is 0.337. The first-order valence-corrected chi connectivity index (χ1v) is 6.35. The van der Waals surface area contributed by atoms with E-state index < -0.39 is 5.41 Å². The van der Waals surface area contributed by atoms with Gasteiger partial charge in [0.1, 0.15) is 6.61 Å². The van der Waals surface area contributed by atoms with Crippen molar-refractivity contribution in [1.82, 2.24) is 4.90 Å². The zero-order chi connectivity index (χ0) is 13.4. The van der Waals surface area contributed by atoms with Crippen LogP contribution in [-0.2, 0) is 14.3 Å². The Morgan fingerprint density at radius 3 is 2.72 bits per heavy atom. The lowest BCUT2D eigenvalue weighted by atomic mass is 9.88. The maximum absolute atomic E-state index is 10.2. The smallest absolute Gasteiger partial charge is 0.293 e. The van der Waals surface area contributed by atoms with Crippen LogP contribution in [0.5, 0.6) is 0 Å². The van der Waals surface area contributed by atoms with Crippen LogP contribution in [0.4, 0.5) is 0 Å². The largest absolute Gasteiger partial charge is 0.498 e. The third-order valence-electron chi connectivity index (χ3n) is 3.37. The van der Waals surface area contributed by atoms with Gasteiger partial charge in [0.2, 0.25) is 0 Å². The van der Waals surface area contributed by atoms with Gasteiger partial charge in [0.05, 0.1) is 24.4 Å². The van der Waals surface area contributed by atoms with E-state index in [0.717, 1.165) is 31.8 Å². The van der Waals surface area contributed by atoms with Gasteiger partial charge in [0.15, 0.2) is 0 Å². The van der Waals surface area contributed by atoms with Crippen molar-refractivity contribution in [2.24, 2.45) is 5.41 Å². The number of carbonyl (C=O) groups is 1. The van der Waals surface area contributed by atoms with Crippen molar-refractivity contribution < 1.29 is 19.4 Å². The van der Waals surface area contributed by atoms with Crippen LogP contribution in [0.1, 0.15) is 19.8 Å². The van der Waals surface area contributed by atoms with Gasteiger partial charge in [0.25, 0.3) is 6.47 Å². The molecule has 1 saturated heterocycles.